The summed E-state index contributed by atoms with van der Waals surface area (Å²) in [6.07, 6.45) is 1.65. The van der Waals surface area contributed by atoms with Crippen LogP contribution < -0.4 is 0 Å². The van der Waals surface area contributed by atoms with Crippen molar-refractivity contribution in [2.75, 3.05) is 6.61 Å². The highest BCUT2D eigenvalue weighted by atomic mass is 35.5. The minimum absolute atomic E-state index is 0.0561. The van der Waals surface area contributed by atoms with Crippen LogP contribution in [-0.4, -0.2) is 18.4 Å². The molecule has 0 spiro atoms. The second-order valence-electron chi connectivity index (χ2n) is 3.92. The van der Waals surface area contributed by atoms with Gasteiger partial charge in [-0.25, -0.2) is 13.6 Å². The van der Waals surface area contributed by atoms with Crippen molar-refractivity contribution in [2.24, 2.45) is 0 Å². The summed E-state index contributed by atoms with van der Waals surface area (Å²) in [6, 6.07) is 0.795. The Balaban J connectivity index is 3.35. The van der Waals surface area contributed by atoms with Gasteiger partial charge in [0.2, 0.25) is 5.78 Å². The number of ether oxygens (including phenoxy) is 1. The van der Waals surface area contributed by atoms with Crippen LogP contribution in [0.1, 0.15) is 30.6 Å². The van der Waals surface area contributed by atoms with Crippen LogP contribution in [0.2, 0.25) is 10.0 Å². The lowest BCUT2D eigenvalue weighted by atomic mass is 10.0. The van der Waals surface area contributed by atoms with Crippen molar-refractivity contribution in [2.45, 2.75) is 20.3 Å². The zero-order valence-corrected chi connectivity index (χ0v) is 12.8. The van der Waals surface area contributed by atoms with E-state index in [1.54, 1.807) is 13.8 Å². The number of allylic oxidation sites excluding steroid dienone is 1. The fourth-order valence-corrected chi connectivity index (χ4v) is 2.02. The van der Waals surface area contributed by atoms with E-state index < -0.39 is 39.0 Å². The predicted molar refractivity (Wildman–Crippen MR) is 75.7 cm³/mol. The third kappa shape index (κ3) is 3.80. The minimum Gasteiger partial charge on any atom is -0.462 e. The van der Waals surface area contributed by atoms with Gasteiger partial charge in [-0.1, -0.05) is 36.2 Å². The molecule has 1 aromatic carbocycles. The topological polar surface area (TPSA) is 43.4 Å². The predicted octanol–water partition coefficient (Wildman–Crippen LogP) is 4.35. The number of ketones is 1. The Hall–Kier alpha value is -1.46. The quantitative estimate of drug-likeness (QED) is 0.153. The second-order valence-corrected chi connectivity index (χ2v) is 4.71. The Morgan fingerprint density at radius 3 is 2.38 bits per heavy atom. The monoisotopic (exact) mass is 336 g/mol. The Morgan fingerprint density at radius 2 is 1.86 bits per heavy atom. The van der Waals surface area contributed by atoms with E-state index in [1.807, 2.05) is 0 Å². The number of benzene rings is 1. The summed E-state index contributed by atoms with van der Waals surface area (Å²) >= 11 is 11.0. The van der Waals surface area contributed by atoms with Crippen molar-refractivity contribution in [3.63, 3.8) is 0 Å². The molecule has 3 nitrogen and oxygen atoms in total. The molecule has 0 unspecified atom stereocenters. The first-order valence-electron chi connectivity index (χ1n) is 6.10. The lowest BCUT2D eigenvalue weighted by Crippen LogP contribution is -2.17. The molecule has 1 aromatic rings. The van der Waals surface area contributed by atoms with E-state index in [0.717, 1.165) is 6.07 Å². The van der Waals surface area contributed by atoms with E-state index in [1.165, 1.54) is 6.08 Å². The van der Waals surface area contributed by atoms with Crippen molar-refractivity contribution >= 4 is 35.0 Å². The zero-order valence-electron chi connectivity index (χ0n) is 11.3. The van der Waals surface area contributed by atoms with E-state index in [-0.39, 0.29) is 12.2 Å². The van der Waals surface area contributed by atoms with Crippen molar-refractivity contribution in [3.8, 4) is 0 Å². The molecule has 0 N–H and O–H groups in total. The van der Waals surface area contributed by atoms with Gasteiger partial charge < -0.3 is 4.74 Å². The van der Waals surface area contributed by atoms with Gasteiger partial charge in [0.05, 0.1) is 17.2 Å². The van der Waals surface area contributed by atoms with E-state index in [0.29, 0.717) is 6.42 Å². The molecule has 114 valence electrons. The molecule has 0 amide bonds. The molecule has 0 aliphatic rings. The average Bonchev–Trinajstić information content (AvgIpc) is 2.45. The molecular formula is C14H12Cl2F2O3. The van der Waals surface area contributed by atoms with Crippen LogP contribution >= 0.6 is 23.2 Å². The Labute approximate surface area is 130 Å². The van der Waals surface area contributed by atoms with E-state index >= 15 is 0 Å². The van der Waals surface area contributed by atoms with Crippen LogP contribution in [-0.2, 0) is 9.53 Å². The summed E-state index contributed by atoms with van der Waals surface area (Å²) in [7, 11) is 0. The molecule has 0 aliphatic carbocycles. The van der Waals surface area contributed by atoms with Crippen molar-refractivity contribution < 1.29 is 23.1 Å². The molecule has 0 radical (unpaired) electrons. The first-order chi connectivity index (χ1) is 9.84. The number of halogens is 4. The Bertz CT molecular complexity index is 613. The third-order valence-electron chi connectivity index (χ3n) is 2.50. The summed E-state index contributed by atoms with van der Waals surface area (Å²) in [5.74, 6) is -4.28. The summed E-state index contributed by atoms with van der Waals surface area (Å²) in [6.45, 7) is 3.31. The standard InChI is InChI=1S/C14H12Cl2F2O3/c1-3-5-7(14(20)21-4-2)13(19)8-6-9(15)12(18)10(16)11(8)17/h5-6H,3-4H2,1-2H3. The maximum Gasteiger partial charge on any atom is 0.341 e. The highest BCUT2D eigenvalue weighted by molar-refractivity contribution is 6.36. The van der Waals surface area contributed by atoms with Gasteiger partial charge in [-0.15, -0.1) is 0 Å². The summed E-state index contributed by atoms with van der Waals surface area (Å²) < 4.78 is 32.0. The summed E-state index contributed by atoms with van der Waals surface area (Å²) in [5, 5.41) is -1.41. The van der Waals surface area contributed by atoms with Gasteiger partial charge in [-0.2, -0.15) is 0 Å². The normalized spacial score (nSPS) is 11.4. The molecule has 0 atom stereocenters. The van der Waals surface area contributed by atoms with E-state index in [2.05, 4.69) is 0 Å². The fraction of sp³-hybridized carbons (Fsp3) is 0.286. The van der Waals surface area contributed by atoms with Gasteiger partial charge in [0.15, 0.2) is 11.6 Å². The number of carbonyl (C=O) groups is 2. The lowest BCUT2D eigenvalue weighted by molar-refractivity contribution is -0.138. The second kappa shape index (κ2) is 7.52. The Kier molecular flexibility index (Phi) is 6.30. The van der Waals surface area contributed by atoms with Gasteiger partial charge >= 0.3 is 5.97 Å². The summed E-state index contributed by atoms with van der Waals surface area (Å²) in [4.78, 5) is 24.0. The number of hydrogen-bond acceptors (Lipinski definition) is 3. The van der Waals surface area contributed by atoms with Crippen LogP contribution in [0.25, 0.3) is 0 Å². The maximum atomic E-state index is 13.9. The largest absolute Gasteiger partial charge is 0.462 e. The van der Waals surface area contributed by atoms with Gasteiger partial charge in [0.25, 0.3) is 0 Å². The number of Topliss-reactive ketones (excluding diaryl/α,β-unsaturated/α-hetero) is 1. The fourth-order valence-electron chi connectivity index (χ4n) is 1.56. The molecule has 0 heterocycles. The molecule has 0 fully saturated rings. The van der Waals surface area contributed by atoms with Crippen LogP contribution in [0.15, 0.2) is 17.7 Å². The first-order valence-corrected chi connectivity index (χ1v) is 6.85. The molecule has 0 saturated carbocycles. The first kappa shape index (κ1) is 17.6. The molecule has 0 aliphatic heterocycles. The molecule has 21 heavy (non-hydrogen) atoms. The van der Waals surface area contributed by atoms with Gasteiger partial charge in [-0.05, 0) is 19.4 Å². The number of esters is 1. The van der Waals surface area contributed by atoms with Gasteiger partial charge in [0, 0.05) is 0 Å². The van der Waals surface area contributed by atoms with Crippen molar-refractivity contribution in [1.29, 1.82) is 0 Å². The number of carbonyl (C=O) groups excluding carboxylic acids is 2. The molecule has 0 saturated heterocycles. The highest BCUT2D eigenvalue weighted by Crippen LogP contribution is 2.30. The van der Waals surface area contributed by atoms with Gasteiger partial charge in [0.1, 0.15) is 10.6 Å². The highest BCUT2D eigenvalue weighted by Gasteiger charge is 2.26. The smallest absolute Gasteiger partial charge is 0.341 e. The van der Waals surface area contributed by atoms with Gasteiger partial charge in [-0.3, -0.25) is 4.79 Å². The van der Waals surface area contributed by atoms with Crippen molar-refractivity contribution in [1.82, 2.24) is 0 Å². The average molecular weight is 337 g/mol. The van der Waals surface area contributed by atoms with Crippen LogP contribution in [0, 0.1) is 11.6 Å². The Morgan fingerprint density at radius 1 is 1.24 bits per heavy atom. The van der Waals surface area contributed by atoms with Crippen molar-refractivity contribution in [3.05, 3.63) is 45.0 Å². The third-order valence-corrected chi connectivity index (χ3v) is 3.10. The molecule has 7 heteroatoms. The minimum atomic E-state index is -1.27. The number of rotatable bonds is 5. The zero-order chi connectivity index (χ0) is 16.2. The van der Waals surface area contributed by atoms with Crippen LogP contribution in [0.5, 0.6) is 0 Å². The van der Waals surface area contributed by atoms with Crippen LogP contribution in [0.4, 0.5) is 8.78 Å². The molecule has 0 bridgehead atoms. The molecular weight excluding hydrogens is 325 g/mol. The van der Waals surface area contributed by atoms with E-state index in [4.69, 9.17) is 27.9 Å². The number of hydrogen-bond donors (Lipinski definition) is 0. The molecule has 0 aromatic heterocycles. The molecule has 1 rings (SSSR count). The van der Waals surface area contributed by atoms with E-state index in [9.17, 15) is 18.4 Å². The maximum absolute atomic E-state index is 13.9. The summed E-state index contributed by atoms with van der Waals surface area (Å²) in [5.41, 5.74) is -0.934. The van der Waals surface area contributed by atoms with Crippen LogP contribution in [0.3, 0.4) is 0 Å². The SMILES string of the molecule is CCC=C(C(=O)OCC)C(=O)c1cc(Cl)c(F)c(Cl)c1F. The lowest BCUT2D eigenvalue weighted by Gasteiger charge is -2.09.